The number of rotatable bonds is 5. The van der Waals surface area contributed by atoms with Crippen LogP contribution in [0.25, 0.3) is 0 Å². The fraction of sp³-hybridized carbons (Fsp3) is 0.700. The Morgan fingerprint density at radius 3 is 2.25 bits per heavy atom. The SMILES string of the molecule is C=C(C)C(=O)OCC(CC)CC. The van der Waals surface area contributed by atoms with Gasteiger partial charge in [0.1, 0.15) is 0 Å². The van der Waals surface area contributed by atoms with Gasteiger partial charge in [-0.1, -0.05) is 33.3 Å². The van der Waals surface area contributed by atoms with Gasteiger partial charge in [-0.3, -0.25) is 0 Å². The predicted octanol–water partition coefficient (Wildman–Crippen LogP) is 2.54. The number of carbonyl (C=O) groups is 1. The average molecular weight is 170 g/mol. The first-order chi connectivity index (χ1) is 5.61. The molecule has 0 aromatic rings. The molecule has 70 valence electrons. The number of hydrogen-bond acceptors (Lipinski definition) is 2. The van der Waals surface area contributed by atoms with Gasteiger partial charge in [0.15, 0.2) is 0 Å². The molecule has 0 saturated carbocycles. The van der Waals surface area contributed by atoms with Gasteiger partial charge < -0.3 is 4.74 Å². The summed E-state index contributed by atoms with van der Waals surface area (Å²) in [5, 5.41) is 0. The van der Waals surface area contributed by atoms with Crippen molar-refractivity contribution in [3.8, 4) is 0 Å². The second-order valence-corrected chi connectivity index (χ2v) is 3.06. The molecule has 0 unspecified atom stereocenters. The molecule has 0 bridgehead atoms. The molecule has 0 atom stereocenters. The summed E-state index contributed by atoms with van der Waals surface area (Å²) in [6.45, 7) is 9.90. The van der Waals surface area contributed by atoms with Crippen molar-refractivity contribution in [3.63, 3.8) is 0 Å². The summed E-state index contributed by atoms with van der Waals surface area (Å²) in [4.78, 5) is 11.0. The Balaban J connectivity index is 3.66. The van der Waals surface area contributed by atoms with Gasteiger partial charge in [-0.2, -0.15) is 0 Å². The Kier molecular flexibility index (Phi) is 5.43. The second kappa shape index (κ2) is 5.81. The Hall–Kier alpha value is -0.790. The van der Waals surface area contributed by atoms with Gasteiger partial charge in [0, 0.05) is 5.57 Å². The highest BCUT2D eigenvalue weighted by molar-refractivity contribution is 5.86. The van der Waals surface area contributed by atoms with Crippen LogP contribution in [0.4, 0.5) is 0 Å². The molecule has 0 rings (SSSR count). The van der Waals surface area contributed by atoms with Crippen molar-refractivity contribution in [1.29, 1.82) is 0 Å². The van der Waals surface area contributed by atoms with E-state index in [1.165, 1.54) is 0 Å². The lowest BCUT2D eigenvalue weighted by molar-refractivity contribution is -0.140. The molecular weight excluding hydrogens is 152 g/mol. The summed E-state index contributed by atoms with van der Waals surface area (Å²) in [7, 11) is 0. The van der Waals surface area contributed by atoms with Crippen molar-refractivity contribution in [2.75, 3.05) is 6.61 Å². The molecule has 0 aliphatic heterocycles. The summed E-state index contributed by atoms with van der Waals surface area (Å²) in [6.07, 6.45) is 2.11. The topological polar surface area (TPSA) is 26.3 Å². The Morgan fingerprint density at radius 1 is 1.42 bits per heavy atom. The lowest BCUT2D eigenvalue weighted by atomic mass is 10.1. The molecule has 0 spiro atoms. The van der Waals surface area contributed by atoms with Crippen LogP contribution in [-0.2, 0) is 9.53 Å². The number of ether oxygens (including phenoxy) is 1. The van der Waals surface area contributed by atoms with Gasteiger partial charge in [0.2, 0.25) is 0 Å². The number of carbonyl (C=O) groups excluding carboxylic acids is 1. The third-order valence-electron chi connectivity index (χ3n) is 1.95. The van der Waals surface area contributed by atoms with Crippen molar-refractivity contribution in [2.45, 2.75) is 33.6 Å². The fourth-order valence-corrected chi connectivity index (χ4v) is 0.841. The smallest absolute Gasteiger partial charge is 0.333 e. The quantitative estimate of drug-likeness (QED) is 0.468. The molecule has 12 heavy (non-hydrogen) atoms. The van der Waals surface area contributed by atoms with E-state index in [1.54, 1.807) is 6.92 Å². The minimum absolute atomic E-state index is 0.276. The van der Waals surface area contributed by atoms with Crippen LogP contribution in [0.15, 0.2) is 12.2 Å². The monoisotopic (exact) mass is 170 g/mol. The molecule has 0 saturated heterocycles. The third-order valence-corrected chi connectivity index (χ3v) is 1.95. The number of hydrogen-bond donors (Lipinski definition) is 0. The van der Waals surface area contributed by atoms with Gasteiger partial charge in [0.25, 0.3) is 0 Å². The van der Waals surface area contributed by atoms with Gasteiger partial charge in [-0.05, 0) is 12.8 Å². The van der Waals surface area contributed by atoms with Gasteiger partial charge in [-0.15, -0.1) is 0 Å². The molecule has 0 aliphatic carbocycles. The van der Waals surface area contributed by atoms with Crippen molar-refractivity contribution in [1.82, 2.24) is 0 Å². The Morgan fingerprint density at radius 2 is 1.92 bits per heavy atom. The van der Waals surface area contributed by atoms with E-state index in [0.29, 0.717) is 18.1 Å². The molecule has 0 fully saturated rings. The zero-order chi connectivity index (χ0) is 9.56. The van der Waals surface area contributed by atoms with E-state index in [2.05, 4.69) is 20.4 Å². The van der Waals surface area contributed by atoms with E-state index in [1.807, 2.05) is 0 Å². The van der Waals surface area contributed by atoms with Crippen LogP contribution < -0.4 is 0 Å². The molecule has 0 heterocycles. The molecule has 2 heteroatoms. The van der Waals surface area contributed by atoms with E-state index < -0.39 is 0 Å². The van der Waals surface area contributed by atoms with E-state index in [0.717, 1.165) is 12.8 Å². The van der Waals surface area contributed by atoms with Crippen LogP contribution in [0.3, 0.4) is 0 Å². The minimum atomic E-state index is -0.276. The molecule has 2 nitrogen and oxygen atoms in total. The van der Waals surface area contributed by atoms with Crippen molar-refractivity contribution < 1.29 is 9.53 Å². The van der Waals surface area contributed by atoms with E-state index in [4.69, 9.17) is 4.74 Å². The molecule has 0 aromatic carbocycles. The molecule has 0 aliphatic rings. The summed E-state index contributed by atoms with van der Waals surface area (Å²) in [6, 6.07) is 0. The summed E-state index contributed by atoms with van der Waals surface area (Å²) < 4.78 is 5.01. The van der Waals surface area contributed by atoms with Crippen LogP contribution in [-0.4, -0.2) is 12.6 Å². The van der Waals surface area contributed by atoms with Gasteiger partial charge in [-0.25, -0.2) is 4.79 Å². The van der Waals surface area contributed by atoms with E-state index in [-0.39, 0.29) is 5.97 Å². The summed E-state index contributed by atoms with van der Waals surface area (Å²) in [5.74, 6) is 0.218. The van der Waals surface area contributed by atoms with Crippen LogP contribution in [0.5, 0.6) is 0 Å². The maximum atomic E-state index is 11.0. The van der Waals surface area contributed by atoms with Crippen LogP contribution >= 0.6 is 0 Å². The first-order valence-corrected chi connectivity index (χ1v) is 4.44. The highest BCUT2D eigenvalue weighted by Gasteiger charge is 2.07. The first-order valence-electron chi connectivity index (χ1n) is 4.44. The van der Waals surface area contributed by atoms with Crippen molar-refractivity contribution >= 4 is 5.97 Å². The Bertz CT molecular complexity index is 157. The van der Waals surface area contributed by atoms with E-state index in [9.17, 15) is 4.79 Å². The summed E-state index contributed by atoms with van der Waals surface area (Å²) in [5.41, 5.74) is 0.473. The highest BCUT2D eigenvalue weighted by Crippen LogP contribution is 2.08. The zero-order valence-corrected chi connectivity index (χ0v) is 8.22. The van der Waals surface area contributed by atoms with Gasteiger partial charge >= 0.3 is 5.97 Å². The van der Waals surface area contributed by atoms with Gasteiger partial charge in [0.05, 0.1) is 6.61 Å². The summed E-state index contributed by atoms with van der Waals surface area (Å²) >= 11 is 0. The standard InChI is InChI=1S/C10H18O2/c1-5-9(6-2)7-12-10(11)8(3)4/h9H,3,5-7H2,1-2,4H3. The normalized spacial score (nSPS) is 10.0. The first kappa shape index (κ1) is 11.2. The second-order valence-electron chi connectivity index (χ2n) is 3.06. The molecule has 0 radical (unpaired) electrons. The third kappa shape index (κ3) is 4.16. The maximum absolute atomic E-state index is 11.0. The molecule has 0 N–H and O–H groups in total. The Labute approximate surface area is 74.6 Å². The average Bonchev–Trinajstić information content (AvgIpc) is 2.05. The lowest BCUT2D eigenvalue weighted by Crippen LogP contribution is -2.13. The van der Waals surface area contributed by atoms with E-state index >= 15 is 0 Å². The van der Waals surface area contributed by atoms with Crippen LogP contribution in [0, 0.1) is 5.92 Å². The van der Waals surface area contributed by atoms with Crippen molar-refractivity contribution in [3.05, 3.63) is 12.2 Å². The molecular formula is C10H18O2. The zero-order valence-electron chi connectivity index (χ0n) is 8.22. The lowest BCUT2D eigenvalue weighted by Gasteiger charge is -2.12. The highest BCUT2D eigenvalue weighted by atomic mass is 16.5. The van der Waals surface area contributed by atoms with Crippen molar-refractivity contribution in [2.24, 2.45) is 5.92 Å². The molecule has 0 aromatic heterocycles. The maximum Gasteiger partial charge on any atom is 0.333 e. The largest absolute Gasteiger partial charge is 0.462 e. The van der Waals surface area contributed by atoms with Crippen LogP contribution in [0.1, 0.15) is 33.6 Å². The fourth-order valence-electron chi connectivity index (χ4n) is 0.841. The minimum Gasteiger partial charge on any atom is -0.462 e. The predicted molar refractivity (Wildman–Crippen MR) is 49.8 cm³/mol. The van der Waals surface area contributed by atoms with Crippen LogP contribution in [0.2, 0.25) is 0 Å². The molecule has 0 amide bonds. The number of esters is 1.